The normalized spacial score (nSPS) is 14.2. The Morgan fingerprint density at radius 3 is 2.27 bits per heavy atom. The second-order valence-corrected chi connectivity index (χ2v) is 6.27. The lowest BCUT2D eigenvalue weighted by molar-refractivity contribution is -0.130. The lowest BCUT2D eigenvalue weighted by Crippen LogP contribution is -2.49. The number of para-hydroxylation sites is 1. The van der Waals surface area contributed by atoms with Crippen LogP contribution in [0.15, 0.2) is 54.6 Å². The minimum Gasteiger partial charge on any atom is -0.462 e. The molecular formula is C21H24N2O3. The molecule has 2 aromatic rings. The molecule has 0 unspecified atom stereocenters. The zero-order valence-corrected chi connectivity index (χ0v) is 15.1. The van der Waals surface area contributed by atoms with E-state index in [1.54, 1.807) is 13.0 Å². The molecule has 0 aliphatic carbocycles. The molecular weight excluding hydrogens is 328 g/mol. The third-order valence-electron chi connectivity index (χ3n) is 4.57. The van der Waals surface area contributed by atoms with Crippen LogP contribution in [0.3, 0.4) is 0 Å². The van der Waals surface area contributed by atoms with Crippen molar-refractivity contribution in [2.45, 2.75) is 13.3 Å². The van der Waals surface area contributed by atoms with Gasteiger partial charge in [0.05, 0.1) is 24.3 Å². The van der Waals surface area contributed by atoms with Crippen molar-refractivity contribution in [3.63, 3.8) is 0 Å². The Morgan fingerprint density at radius 1 is 0.923 bits per heavy atom. The summed E-state index contributed by atoms with van der Waals surface area (Å²) in [5.41, 5.74) is 2.49. The number of carbonyl (C=O) groups is 2. The van der Waals surface area contributed by atoms with Crippen molar-refractivity contribution < 1.29 is 14.3 Å². The van der Waals surface area contributed by atoms with Crippen LogP contribution < -0.4 is 4.90 Å². The number of amides is 1. The van der Waals surface area contributed by atoms with Crippen molar-refractivity contribution in [1.29, 1.82) is 0 Å². The molecule has 136 valence electrons. The minimum atomic E-state index is -0.300. The first-order valence-corrected chi connectivity index (χ1v) is 9.02. The molecule has 1 fully saturated rings. The van der Waals surface area contributed by atoms with Gasteiger partial charge >= 0.3 is 5.97 Å². The maximum atomic E-state index is 12.5. The van der Waals surface area contributed by atoms with Gasteiger partial charge in [-0.3, -0.25) is 4.79 Å². The average Bonchev–Trinajstić information content (AvgIpc) is 2.69. The van der Waals surface area contributed by atoms with Crippen molar-refractivity contribution in [2.24, 2.45) is 0 Å². The number of rotatable bonds is 5. The van der Waals surface area contributed by atoms with Crippen LogP contribution >= 0.6 is 0 Å². The first-order chi connectivity index (χ1) is 12.7. The standard InChI is InChI=1S/C21H24N2O3/c1-2-26-21(25)18-10-6-7-11-19(18)22-12-14-23(15-13-22)20(24)16-17-8-4-3-5-9-17/h3-11H,2,12-16H2,1H3. The van der Waals surface area contributed by atoms with Crippen molar-refractivity contribution in [3.8, 4) is 0 Å². The molecule has 1 heterocycles. The molecule has 0 atom stereocenters. The summed E-state index contributed by atoms with van der Waals surface area (Å²) in [5.74, 6) is -0.153. The van der Waals surface area contributed by atoms with Crippen LogP contribution in [0.2, 0.25) is 0 Å². The van der Waals surface area contributed by atoms with Gasteiger partial charge in [0.1, 0.15) is 0 Å². The Hall–Kier alpha value is -2.82. The van der Waals surface area contributed by atoms with Crippen molar-refractivity contribution in [3.05, 3.63) is 65.7 Å². The molecule has 5 heteroatoms. The summed E-state index contributed by atoms with van der Waals surface area (Å²) in [4.78, 5) is 28.7. The largest absolute Gasteiger partial charge is 0.462 e. The van der Waals surface area contributed by atoms with E-state index < -0.39 is 0 Å². The van der Waals surface area contributed by atoms with E-state index in [9.17, 15) is 9.59 Å². The van der Waals surface area contributed by atoms with Gasteiger partial charge < -0.3 is 14.5 Å². The SMILES string of the molecule is CCOC(=O)c1ccccc1N1CCN(C(=O)Cc2ccccc2)CC1. The van der Waals surface area contributed by atoms with Gasteiger partial charge in [0.15, 0.2) is 0 Å². The van der Waals surface area contributed by atoms with Crippen molar-refractivity contribution in [1.82, 2.24) is 4.90 Å². The second kappa shape index (κ2) is 8.52. The number of piperazine rings is 1. The average molecular weight is 352 g/mol. The van der Waals surface area contributed by atoms with Crippen LogP contribution in [0.25, 0.3) is 0 Å². The number of nitrogens with zero attached hydrogens (tertiary/aromatic N) is 2. The van der Waals surface area contributed by atoms with Crippen LogP contribution in [-0.4, -0.2) is 49.6 Å². The van der Waals surface area contributed by atoms with E-state index in [0.29, 0.717) is 44.8 Å². The van der Waals surface area contributed by atoms with Gasteiger partial charge in [-0.1, -0.05) is 42.5 Å². The summed E-state index contributed by atoms with van der Waals surface area (Å²) in [6.07, 6.45) is 0.431. The monoisotopic (exact) mass is 352 g/mol. The third kappa shape index (κ3) is 4.23. The fourth-order valence-corrected chi connectivity index (χ4v) is 3.21. The fraction of sp³-hybridized carbons (Fsp3) is 0.333. The number of benzene rings is 2. The maximum absolute atomic E-state index is 12.5. The van der Waals surface area contributed by atoms with Gasteiger partial charge in [0.25, 0.3) is 0 Å². The number of hydrogen-bond acceptors (Lipinski definition) is 4. The summed E-state index contributed by atoms with van der Waals surface area (Å²) in [5, 5.41) is 0. The maximum Gasteiger partial charge on any atom is 0.340 e. The summed E-state index contributed by atoms with van der Waals surface area (Å²) in [6.45, 7) is 4.88. The summed E-state index contributed by atoms with van der Waals surface area (Å²) < 4.78 is 5.16. The molecule has 1 aliphatic heterocycles. The lowest BCUT2D eigenvalue weighted by Gasteiger charge is -2.36. The zero-order chi connectivity index (χ0) is 18.4. The van der Waals surface area contributed by atoms with E-state index in [1.165, 1.54) is 0 Å². The topological polar surface area (TPSA) is 49.9 Å². The predicted octanol–water partition coefficient (Wildman–Crippen LogP) is 2.75. The smallest absolute Gasteiger partial charge is 0.340 e. The molecule has 1 aliphatic rings. The van der Waals surface area contributed by atoms with E-state index in [-0.39, 0.29) is 11.9 Å². The highest BCUT2D eigenvalue weighted by Gasteiger charge is 2.24. The van der Waals surface area contributed by atoms with Crippen molar-refractivity contribution >= 4 is 17.6 Å². The Balaban J connectivity index is 1.62. The highest BCUT2D eigenvalue weighted by atomic mass is 16.5. The molecule has 2 aromatic carbocycles. The molecule has 0 saturated carbocycles. The first-order valence-electron chi connectivity index (χ1n) is 9.02. The van der Waals surface area contributed by atoms with Gasteiger partial charge in [0, 0.05) is 26.2 Å². The van der Waals surface area contributed by atoms with Crippen molar-refractivity contribution in [2.75, 3.05) is 37.7 Å². The van der Waals surface area contributed by atoms with Gasteiger partial charge in [-0.05, 0) is 24.6 Å². The molecule has 0 spiro atoms. The number of carbonyl (C=O) groups excluding carboxylic acids is 2. The van der Waals surface area contributed by atoms with Gasteiger partial charge in [0.2, 0.25) is 5.91 Å². The zero-order valence-electron chi connectivity index (χ0n) is 15.1. The second-order valence-electron chi connectivity index (χ2n) is 6.27. The van der Waals surface area contributed by atoms with Gasteiger partial charge in [-0.15, -0.1) is 0 Å². The molecule has 26 heavy (non-hydrogen) atoms. The number of hydrogen-bond donors (Lipinski definition) is 0. The molecule has 0 N–H and O–H groups in total. The van der Waals surface area contributed by atoms with Crippen LogP contribution in [-0.2, 0) is 16.0 Å². The van der Waals surface area contributed by atoms with E-state index in [4.69, 9.17) is 4.74 Å². The van der Waals surface area contributed by atoms with Crippen LogP contribution in [0, 0.1) is 0 Å². The van der Waals surface area contributed by atoms with E-state index >= 15 is 0 Å². The van der Waals surface area contributed by atoms with E-state index in [2.05, 4.69) is 4.90 Å². The lowest BCUT2D eigenvalue weighted by atomic mass is 10.1. The fourth-order valence-electron chi connectivity index (χ4n) is 3.21. The Morgan fingerprint density at radius 2 is 1.58 bits per heavy atom. The number of esters is 1. The van der Waals surface area contributed by atoms with Crippen LogP contribution in [0.5, 0.6) is 0 Å². The van der Waals surface area contributed by atoms with E-state index in [1.807, 2.05) is 53.4 Å². The third-order valence-corrected chi connectivity index (χ3v) is 4.57. The van der Waals surface area contributed by atoms with Crippen LogP contribution in [0.1, 0.15) is 22.8 Å². The molecule has 3 rings (SSSR count). The molecule has 5 nitrogen and oxygen atoms in total. The summed E-state index contributed by atoms with van der Waals surface area (Å²) in [6, 6.07) is 17.3. The number of anilines is 1. The highest BCUT2D eigenvalue weighted by Crippen LogP contribution is 2.23. The van der Waals surface area contributed by atoms with Crippen LogP contribution in [0.4, 0.5) is 5.69 Å². The predicted molar refractivity (Wildman–Crippen MR) is 101 cm³/mol. The number of ether oxygens (including phenoxy) is 1. The van der Waals surface area contributed by atoms with Gasteiger partial charge in [-0.2, -0.15) is 0 Å². The Bertz CT molecular complexity index is 753. The highest BCUT2D eigenvalue weighted by molar-refractivity contribution is 5.96. The molecule has 0 radical (unpaired) electrons. The molecule has 1 saturated heterocycles. The molecule has 0 aromatic heterocycles. The van der Waals surface area contributed by atoms with Gasteiger partial charge in [-0.25, -0.2) is 4.79 Å². The minimum absolute atomic E-state index is 0.148. The Kier molecular flexibility index (Phi) is 5.89. The summed E-state index contributed by atoms with van der Waals surface area (Å²) >= 11 is 0. The molecule has 0 bridgehead atoms. The quantitative estimate of drug-likeness (QED) is 0.777. The molecule has 1 amide bonds. The Labute approximate surface area is 154 Å². The first kappa shape index (κ1) is 18.0. The van der Waals surface area contributed by atoms with E-state index in [0.717, 1.165) is 11.3 Å². The summed E-state index contributed by atoms with van der Waals surface area (Å²) in [7, 11) is 0.